The van der Waals surface area contributed by atoms with Crippen LogP contribution in [0.15, 0.2) is 18.2 Å². The van der Waals surface area contributed by atoms with E-state index in [1.807, 2.05) is 7.05 Å². The van der Waals surface area contributed by atoms with Gasteiger partial charge in [0, 0.05) is 19.1 Å². The number of para-hydroxylation sites is 1. The Morgan fingerprint density at radius 2 is 2.16 bits per heavy atom. The second-order valence-electron chi connectivity index (χ2n) is 4.75. The van der Waals surface area contributed by atoms with E-state index in [1.54, 1.807) is 18.2 Å². The minimum atomic E-state index is -0.173. The summed E-state index contributed by atoms with van der Waals surface area (Å²) < 4.78 is 5.10. The highest BCUT2D eigenvalue weighted by Gasteiger charge is 2.12. The molecule has 106 valence electrons. The molecule has 19 heavy (non-hydrogen) atoms. The second kappa shape index (κ2) is 6.99. The number of benzene rings is 1. The summed E-state index contributed by atoms with van der Waals surface area (Å²) in [6.45, 7) is 5.61. The van der Waals surface area contributed by atoms with Crippen molar-refractivity contribution >= 4 is 11.6 Å². The fourth-order valence-corrected chi connectivity index (χ4v) is 1.62. The molecule has 1 aromatic rings. The Labute approximate surface area is 114 Å². The van der Waals surface area contributed by atoms with Crippen LogP contribution in [0.5, 0.6) is 5.75 Å². The number of nitrogens with one attached hydrogen (secondary N) is 1. The van der Waals surface area contributed by atoms with Crippen molar-refractivity contribution in [1.29, 1.82) is 0 Å². The summed E-state index contributed by atoms with van der Waals surface area (Å²) in [6, 6.07) is 5.64. The third-order valence-electron chi connectivity index (χ3n) is 3.16. The second-order valence-corrected chi connectivity index (χ2v) is 4.75. The average molecular weight is 265 g/mol. The van der Waals surface area contributed by atoms with Crippen LogP contribution in [0.25, 0.3) is 0 Å². The van der Waals surface area contributed by atoms with Crippen LogP contribution in [-0.2, 0) is 0 Å². The first-order chi connectivity index (χ1) is 8.97. The van der Waals surface area contributed by atoms with Crippen molar-refractivity contribution in [1.82, 2.24) is 10.2 Å². The van der Waals surface area contributed by atoms with Crippen molar-refractivity contribution in [3.63, 3.8) is 0 Å². The van der Waals surface area contributed by atoms with E-state index in [2.05, 4.69) is 24.1 Å². The standard InChI is InChI=1S/C14H23N3O2/c1-10(2)17(3)9-8-16-14(18)11-6-5-7-12(19-4)13(11)15/h5-7,10H,8-9,15H2,1-4H3,(H,16,18). The predicted molar refractivity (Wildman–Crippen MR) is 77.5 cm³/mol. The first-order valence-corrected chi connectivity index (χ1v) is 6.38. The normalized spacial score (nSPS) is 10.8. The summed E-state index contributed by atoms with van der Waals surface area (Å²) in [7, 11) is 3.56. The van der Waals surface area contributed by atoms with Crippen LogP contribution in [0.4, 0.5) is 5.69 Å². The maximum Gasteiger partial charge on any atom is 0.253 e. The van der Waals surface area contributed by atoms with Gasteiger partial charge < -0.3 is 20.7 Å². The molecule has 0 spiro atoms. The molecule has 0 heterocycles. The van der Waals surface area contributed by atoms with Crippen LogP contribution in [0.2, 0.25) is 0 Å². The van der Waals surface area contributed by atoms with E-state index in [4.69, 9.17) is 10.5 Å². The molecule has 0 aliphatic carbocycles. The maximum absolute atomic E-state index is 12.0. The van der Waals surface area contributed by atoms with Crippen molar-refractivity contribution in [2.45, 2.75) is 19.9 Å². The first-order valence-electron chi connectivity index (χ1n) is 6.38. The van der Waals surface area contributed by atoms with E-state index in [1.165, 1.54) is 7.11 Å². The Kier molecular flexibility index (Phi) is 5.63. The van der Waals surface area contributed by atoms with Gasteiger partial charge in [-0.25, -0.2) is 0 Å². The van der Waals surface area contributed by atoms with Gasteiger partial charge in [-0.1, -0.05) is 6.07 Å². The van der Waals surface area contributed by atoms with Crippen molar-refractivity contribution < 1.29 is 9.53 Å². The van der Waals surface area contributed by atoms with Gasteiger partial charge in [0.1, 0.15) is 5.75 Å². The van der Waals surface area contributed by atoms with Gasteiger partial charge >= 0.3 is 0 Å². The van der Waals surface area contributed by atoms with Gasteiger partial charge in [-0.3, -0.25) is 4.79 Å². The fourth-order valence-electron chi connectivity index (χ4n) is 1.62. The Hall–Kier alpha value is -1.75. The fraction of sp³-hybridized carbons (Fsp3) is 0.500. The molecule has 1 rings (SSSR count). The van der Waals surface area contributed by atoms with Crippen LogP contribution >= 0.6 is 0 Å². The van der Waals surface area contributed by atoms with Gasteiger partial charge in [-0.05, 0) is 33.0 Å². The van der Waals surface area contributed by atoms with Crippen LogP contribution in [0.1, 0.15) is 24.2 Å². The van der Waals surface area contributed by atoms with E-state index in [0.29, 0.717) is 29.6 Å². The van der Waals surface area contributed by atoms with Crippen LogP contribution in [-0.4, -0.2) is 44.1 Å². The predicted octanol–water partition coefficient (Wildman–Crippen LogP) is 1.35. The molecule has 0 fully saturated rings. The number of amides is 1. The molecular weight excluding hydrogens is 242 g/mol. The molecule has 0 unspecified atom stereocenters. The molecule has 5 nitrogen and oxygen atoms in total. The number of ether oxygens (including phenoxy) is 1. The number of carbonyl (C=O) groups excluding carboxylic acids is 1. The molecule has 5 heteroatoms. The number of carbonyl (C=O) groups is 1. The lowest BCUT2D eigenvalue weighted by atomic mass is 10.1. The Morgan fingerprint density at radius 3 is 2.74 bits per heavy atom. The number of methoxy groups -OCH3 is 1. The number of nitrogen functional groups attached to an aromatic ring is 1. The molecule has 1 aromatic carbocycles. The van der Waals surface area contributed by atoms with E-state index in [9.17, 15) is 4.79 Å². The van der Waals surface area contributed by atoms with E-state index >= 15 is 0 Å². The lowest BCUT2D eigenvalue weighted by Gasteiger charge is -2.21. The van der Waals surface area contributed by atoms with Crippen molar-refractivity contribution in [2.24, 2.45) is 0 Å². The minimum absolute atomic E-state index is 0.173. The highest BCUT2D eigenvalue weighted by molar-refractivity contribution is 6.00. The van der Waals surface area contributed by atoms with E-state index in [0.717, 1.165) is 6.54 Å². The lowest BCUT2D eigenvalue weighted by molar-refractivity contribution is 0.0948. The quantitative estimate of drug-likeness (QED) is 0.762. The van der Waals surface area contributed by atoms with Gasteiger partial charge in [-0.15, -0.1) is 0 Å². The number of nitrogens with two attached hydrogens (primary N) is 1. The SMILES string of the molecule is COc1cccc(C(=O)NCCN(C)C(C)C)c1N. The molecular formula is C14H23N3O2. The van der Waals surface area contributed by atoms with Crippen LogP contribution in [0, 0.1) is 0 Å². The molecule has 0 saturated carbocycles. The zero-order chi connectivity index (χ0) is 14.4. The largest absolute Gasteiger partial charge is 0.495 e. The van der Waals surface area contributed by atoms with Gasteiger partial charge in [0.05, 0.1) is 18.4 Å². The summed E-state index contributed by atoms with van der Waals surface area (Å²) in [4.78, 5) is 14.2. The molecule has 0 aliphatic heterocycles. The summed E-state index contributed by atoms with van der Waals surface area (Å²) in [5, 5.41) is 2.86. The monoisotopic (exact) mass is 265 g/mol. The van der Waals surface area contributed by atoms with Gasteiger partial charge in [0.2, 0.25) is 0 Å². The molecule has 0 radical (unpaired) electrons. The average Bonchev–Trinajstić information content (AvgIpc) is 2.38. The smallest absolute Gasteiger partial charge is 0.253 e. The molecule has 0 saturated heterocycles. The van der Waals surface area contributed by atoms with Gasteiger partial charge in [0.15, 0.2) is 0 Å². The topological polar surface area (TPSA) is 67.6 Å². The van der Waals surface area contributed by atoms with E-state index < -0.39 is 0 Å². The maximum atomic E-state index is 12.0. The Balaban J connectivity index is 2.59. The molecule has 0 bridgehead atoms. The highest BCUT2D eigenvalue weighted by Crippen LogP contribution is 2.24. The Bertz CT molecular complexity index is 433. The van der Waals surface area contributed by atoms with Crippen molar-refractivity contribution in [3.05, 3.63) is 23.8 Å². The summed E-state index contributed by atoms with van der Waals surface area (Å²) in [6.07, 6.45) is 0. The zero-order valence-corrected chi connectivity index (χ0v) is 12.1. The van der Waals surface area contributed by atoms with E-state index in [-0.39, 0.29) is 5.91 Å². The molecule has 1 amide bonds. The Morgan fingerprint density at radius 1 is 1.47 bits per heavy atom. The number of hydrogen-bond acceptors (Lipinski definition) is 4. The molecule has 0 aromatic heterocycles. The number of rotatable bonds is 6. The third kappa shape index (κ3) is 4.13. The lowest BCUT2D eigenvalue weighted by Crippen LogP contribution is -2.36. The molecule has 0 atom stereocenters. The minimum Gasteiger partial charge on any atom is -0.495 e. The van der Waals surface area contributed by atoms with Crippen LogP contribution < -0.4 is 15.8 Å². The molecule has 0 aliphatic rings. The summed E-state index contributed by atoms with van der Waals surface area (Å²) >= 11 is 0. The van der Waals surface area contributed by atoms with Crippen molar-refractivity contribution in [3.8, 4) is 5.75 Å². The first kappa shape index (κ1) is 15.3. The summed E-state index contributed by atoms with van der Waals surface area (Å²) in [5.74, 6) is 0.348. The number of nitrogens with zero attached hydrogens (tertiary/aromatic N) is 1. The third-order valence-corrected chi connectivity index (χ3v) is 3.16. The number of anilines is 1. The zero-order valence-electron chi connectivity index (χ0n) is 12.1. The van der Waals surface area contributed by atoms with Gasteiger partial charge in [-0.2, -0.15) is 0 Å². The summed E-state index contributed by atoms with van der Waals surface area (Å²) in [5.41, 5.74) is 6.70. The highest BCUT2D eigenvalue weighted by atomic mass is 16.5. The number of hydrogen-bond donors (Lipinski definition) is 2. The number of likely N-dealkylation sites (N-methyl/N-ethyl adjacent to an activating group) is 1. The molecule has 3 N–H and O–H groups in total. The van der Waals surface area contributed by atoms with Crippen LogP contribution in [0.3, 0.4) is 0 Å². The van der Waals surface area contributed by atoms with Gasteiger partial charge in [0.25, 0.3) is 5.91 Å². The van der Waals surface area contributed by atoms with Crippen molar-refractivity contribution in [2.75, 3.05) is 33.0 Å².